The molecule has 1 unspecified atom stereocenters. The van der Waals surface area contributed by atoms with Crippen molar-refractivity contribution in [3.05, 3.63) is 98.1 Å². The van der Waals surface area contributed by atoms with Gasteiger partial charge in [0.1, 0.15) is 6.04 Å². The van der Waals surface area contributed by atoms with Gasteiger partial charge in [0, 0.05) is 22.2 Å². The Morgan fingerprint density at radius 1 is 1.16 bits per heavy atom. The van der Waals surface area contributed by atoms with Crippen LogP contribution in [0.25, 0.3) is 0 Å². The fourth-order valence-electron chi connectivity index (χ4n) is 4.91. The molecule has 1 amide bonds. The SMILES string of the molecule is COc1cc(C2C(C(=O)Nc3cccc(C)c3)=C(C)Nc3nc(SCc4ccccc4Cl)nn32)cc(Br)c1OCCC(C)C. The molecule has 44 heavy (non-hydrogen) atoms. The summed E-state index contributed by atoms with van der Waals surface area (Å²) >= 11 is 11.6. The van der Waals surface area contributed by atoms with Crippen molar-refractivity contribution in [2.45, 2.75) is 51.1 Å². The lowest BCUT2D eigenvalue weighted by Crippen LogP contribution is -2.31. The van der Waals surface area contributed by atoms with Crippen molar-refractivity contribution in [2.24, 2.45) is 5.92 Å². The molecule has 11 heteroatoms. The van der Waals surface area contributed by atoms with Crippen LogP contribution >= 0.6 is 39.3 Å². The number of benzene rings is 3. The van der Waals surface area contributed by atoms with Crippen molar-refractivity contribution < 1.29 is 14.3 Å². The van der Waals surface area contributed by atoms with Gasteiger partial charge < -0.3 is 20.1 Å². The minimum absolute atomic E-state index is 0.246. The number of amides is 1. The number of thioether (sulfide) groups is 1. The molecule has 230 valence electrons. The molecule has 1 aromatic heterocycles. The van der Waals surface area contributed by atoms with Crippen LogP contribution in [0.1, 0.15) is 49.9 Å². The molecule has 5 rings (SSSR count). The Morgan fingerprint density at radius 3 is 2.68 bits per heavy atom. The number of aromatic nitrogens is 3. The Bertz CT molecular complexity index is 1710. The molecule has 0 fully saturated rings. The van der Waals surface area contributed by atoms with Crippen LogP contribution in [0.5, 0.6) is 11.5 Å². The zero-order valence-corrected chi connectivity index (χ0v) is 28.4. The lowest BCUT2D eigenvalue weighted by Gasteiger charge is -2.29. The lowest BCUT2D eigenvalue weighted by atomic mass is 9.94. The summed E-state index contributed by atoms with van der Waals surface area (Å²) in [5, 5.41) is 12.5. The standard InChI is InChI=1S/C33H35BrClN5O3S/c1-19(2)13-14-43-30-25(34)16-23(17-27(30)42-5)29-28(31(41)37-24-11-8-9-20(3)15-24)21(4)36-32-38-33(39-40(29)32)44-18-22-10-6-7-12-26(22)35/h6-12,15-17,19,29H,13-14,18H2,1-5H3,(H,37,41)(H,36,38,39). The molecule has 8 nitrogen and oxygen atoms in total. The number of nitrogens with zero attached hydrogens (tertiary/aromatic N) is 3. The first-order chi connectivity index (χ1) is 21.1. The summed E-state index contributed by atoms with van der Waals surface area (Å²) < 4.78 is 14.4. The molecular weight excluding hydrogens is 662 g/mol. The number of anilines is 2. The Balaban J connectivity index is 1.54. The predicted molar refractivity (Wildman–Crippen MR) is 181 cm³/mol. The van der Waals surface area contributed by atoms with Gasteiger partial charge in [-0.05, 0) is 89.1 Å². The Kier molecular flexibility index (Phi) is 10.2. The molecule has 0 bridgehead atoms. The van der Waals surface area contributed by atoms with E-state index in [1.165, 1.54) is 11.8 Å². The van der Waals surface area contributed by atoms with E-state index >= 15 is 0 Å². The molecule has 4 aromatic rings. The summed E-state index contributed by atoms with van der Waals surface area (Å²) in [7, 11) is 1.61. The second-order valence-electron chi connectivity index (χ2n) is 11.0. The molecule has 0 saturated heterocycles. The monoisotopic (exact) mass is 695 g/mol. The highest BCUT2D eigenvalue weighted by molar-refractivity contribution is 9.10. The van der Waals surface area contributed by atoms with E-state index in [4.69, 9.17) is 31.2 Å². The van der Waals surface area contributed by atoms with Crippen LogP contribution in [0.15, 0.2) is 81.6 Å². The first-order valence-electron chi connectivity index (χ1n) is 14.3. The molecule has 0 saturated carbocycles. The van der Waals surface area contributed by atoms with Gasteiger partial charge in [-0.1, -0.05) is 67.5 Å². The van der Waals surface area contributed by atoms with E-state index in [0.29, 0.717) is 62.9 Å². The number of ether oxygens (including phenoxy) is 2. The smallest absolute Gasteiger partial charge is 0.255 e. The van der Waals surface area contributed by atoms with E-state index in [9.17, 15) is 4.79 Å². The van der Waals surface area contributed by atoms with Crippen LogP contribution in [-0.2, 0) is 10.5 Å². The number of hydrogen-bond acceptors (Lipinski definition) is 7. The average Bonchev–Trinajstić information content (AvgIpc) is 3.38. The first-order valence-corrected chi connectivity index (χ1v) is 16.5. The third-order valence-electron chi connectivity index (χ3n) is 7.18. The normalized spacial score (nSPS) is 14.3. The molecule has 2 heterocycles. The van der Waals surface area contributed by atoms with Gasteiger partial charge in [0.2, 0.25) is 11.1 Å². The summed E-state index contributed by atoms with van der Waals surface area (Å²) in [6.07, 6.45) is 0.911. The number of methoxy groups -OCH3 is 1. The topological polar surface area (TPSA) is 90.3 Å². The van der Waals surface area contributed by atoms with Crippen molar-refractivity contribution >= 4 is 56.8 Å². The van der Waals surface area contributed by atoms with Gasteiger partial charge in [-0.3, -0.25) is 4.79 Å². The summed E-state index contributed by atoms with van der Waals surface area (Å²) in [6.45, 7) is 8.74. The number of aryl methyl sites for hydroxylation is 1. The highest BCUT2D eigenvalue weighted by Crippen LogP contribution is 2.43. The predicted octanol–water partition coefficient (Wildman–Crippen LogP) is 8.66. The molecule has 0 spiro atoms. The maximum atomic E-state index is 14.0. The van der Waals surface area contributed by atoms with Gasteiger partial charge in [-0.2, -0.15) is 4.98 Å². The molecular formula is C33H35BrClN5O3S. The number of carbonyl (C=O) groups is 1. The zero-order valence-electron chi connectivity index (χ0n) is 25.3. The van der Waals surface area contributed by atoms with Crippen molar-refractivity contribution in [3.63, 3.8) is 0 Å². The fraction of sp³-hybridized carbons (Fsp3) is 0.303. The van der Waals surface area contributed by atoms with Crippen LogP contribution < -0.4 is 20.1 Å². The number of rotatable bonds is 11. The number of halogens is 2. The number of carbonyl (C=O) groups excluding carboxylic acids is 1. The van der Waals surface area contributed by atoms with E-state index in [1.807, 2.05) is 74.5 Å². The minimum Gasteiger partial charge on any atom is -0.493 e. The molecule has 1 atom stereocenters. The molecule has 3 aromatic carbocycles. The van der Waals surface area contributed by atoms with Crippen molar-refractivity contribution in [3.8, 4) is 11.5 Å². The van der Waals surface area contributed by atoms with Crippen LogP contribution in [0.3, 0.4) is 0 Å². The molecule has 0 aliphatic carbocycles. The Morgan fingerprint density at radius 2 is 1.95 bits per heavy atom. The van der Waals surface area contributed by atoms with E-state index in [-0.39, 0.29) is 5.91 Å². The van der Waals surface area contributed by atoms with Crippen LogP contribution in [0.2, 0.25) is 5.02 Å². The summed E-state index contributed by atoms with van der Waals surface area (Å²) in [6, 6.07) is 18.7. The second kappa shape index (κ2) is 14.1. The lowest BCUT2D eigenvalue weighted by molar-refractivity contribution is -0.113. The van der Waals surface area contributed by atoms with Crippen LogP contribution in [0.4, 0.5) is 11.6 Å². The van der Waals surface area contributed by atoms with Gasteiger partial charge in [0.05, 0.1) is 23.8 Å². The molecule has 2 N–H and O–H groups in total. The second-order valence-corrected chi connectivity index (χ2v) is 13.2. The van der Waals surface area contributed by atoms with E-state index in [0.717, 1.165) is 27.6 Å². The molecule has 1 aliphatic heterocycles. The Hall–Kier alpha value is -3.47. The molecule has 1 aliphatic rings. The van der Waals surface area contributed by atoms with Crippen LogP contribution in [0, 0.1) is 12.8 Å². The number of hydrogen-bond donors (Lipinski definition) is 2. The summed E-state index contributed by atoms with van der Waals surface area (Å²) in [4.78, 5) is 18.8. The average molecular weight is 697 g/mol. The maximum Gasteiger partial charge on any atom is 0.255 e. The highest BCUT2D eigenvalue weighted by Gasteiger charge is 2.35. The van der Waals surface area contributed by atoms with Gasteiger partial charge in [0.25, 0.3) is 5.91 Å². The van der Waals surface area contributed by atoms with Gasteiger partial charge in [-0.25, -0.2) is 4.68 Å². The molecule has 0 radical (unpaired) electrons. The Labute approximate surface area is 275 Å². The van der Waals surface area contributed by atoms with Gasteiger partial charge >= 0.3 is 0 Å². The summed E-state index contributed by atoms with van der Waals surface area (Å²) in [5.41, 5.74) is 4.72. The van der Waals surface area contributed by atoms with Crippen molar-refractivity contribution in [1.82, 2.24) is 14.8 Å². The quantitative estimate of drug-likeness (QED) is 0.152. The maximum absolute atomic E-state index is 14.0. The number of nitrogens with one attached hydrogen (secondary N) is 2. The van der Waals surface area contributed by atoms with Gasteiger partial charge in [0.15, 0.2) is 11.5 Å². The minimum atomic E-state index is -0.604. The van der Waals surface area contributed by atoms with Crippen molar-refractivity contribution in [1.29, 1.82) is 0 Å². The number of fused-ring (bicyclic) bond motifs is 1. The number of allylic oxidation sites excluding steroid dienone is 1. The van der Waals surface area contributed by atoms with Crippen molar-refractivity contribution in [2.75, 3.05) is 24.4 Å². The van der Waals surface area contributed by atoms with Gasteiger partial charge in [-0.15, -0.1) is 5.10 Å². The summed E-state index contributed by atoms with van der Waals surface area (Å²) in [5.74, 6) is 2.57. The van der Waals surface area contributed by atoms with E-state index in [2.05, 4.69) is 40.4 Å². The van der Waals surface area contributed by atoms with E-state index in [1.54, 1.807) is 11.8 Å². The fourth-order valence-corrected chi connectivity index (χ4v) is 6.60. The van der Waals surface area contributed by atoms with E-state index < -0.39 is 6.04 Å². The third kappa shape index (κ3) is 7.25. The third-order valence-corrected chi connectivity index (χ3v) is 9.02. The largest absolute Gasteiger partial charge is 0.493 e. The van der Waals surface area contributed by atoms with Crippen LogP contribution in [-0.4, -0.2) is 34.4 Å². The highest BCUT2D eigenvalue weighted by atomic mass is 79.9. The zero-order chi connectivity index (χ0) is 31.4. The first kappa shape index (κ1) is 31.9.